The summed E-state index contributed by atoms with van der Waals surface area (Å²) in [5.74, 6) is -1.46. The first-order valence-electron chi connectivity index (χ1n) is 3.95. The smallest absolute Gasteiger partial charge is 0.336 e. The van der Waals surface area contributed by atoms with Crippen LogP contribution in [0, 0.1) is 0 Å². The number of rotatable bonds is 3. The molecule has 0 amide bonds. The van der Waals surface area contributed by atoms with Crippen molar-refractivity contribution in [2.45, 2.75) is 13.0 Å². The van der Waals surface area contributed by atoms with Gasteiger partial charge in [0.15, 0.2) is 0 Å². The van der Waals surface area contributed by atoms with Crippen LogP contribution in [-0.2, 0) is 6.54 Å². The summed E-state index contributed by atoms with van der Waals surface area (Å²) in [6, 6.07) is 0.733. The molecule has 4 N–H and O–H groups in total. The first-order valence-corrected chi connectivity index (χ1v) is 3.95. The van der Waals surface area contributed by atoms with E-state index < -0.39 is 29.2 Å². The van der Waals surface area contributed by atoms with E-state index in [2.05, 4.69) is 0 Å². The van der Waals surface area contributed by atoms with Crippen molar-refractivity contribution in [2.75, 3.05) is 0 Å². The number of carboxylic acids is 1. The van der Waals surface area contributed by atoms with Crippen molar-refractivity contribution in [3.63, 3.8) is 0 Å². The second-order valence-electron chi connectivity index (χ2n) is 2.75. The van der Waals surface area contributed by atoms with Crippen LogP contribution in [0.5, 0.6) is 0 Å². The number of halogens is 2. The van der Waals surface area contributed by atoms with Gasteiger partial charge in [0.1, 0.15) is 0 Å². The number of hydrogen-bond acceptors (Lipinski definition) is 3. The molecule has 1 rings (SSSR count). The summed E-state index contributed by atoms with van der Waals surface area (Å²) in [6.45, 7) is -0.377. The zero-order chi connectivity index (χ0) is 11.6. The van der Waals surface area contributed by atoms with Crippen molar-refractivity contribution in [1.29, 1.82) is 0 Å². The minimum Gasteiger partial charge on any atom is -0.478 e. The van der Waals surface area contributed by atoms with E-state index in [-0.39, 0.29) is 12.1 Å². The molecule has 0 aliphatic heterocycles. The molecule has 1 aromatic rings. The lowest BCUT2D eigenvalue weighted by molar-refractivity contribution is 0.0694. The fourth-order valence-corrected chi connectivity index (χ4v) is 1.20. The predicted octanol–water partition coefficient (Wildman–Crippen LogP) is 0.469. The Morgan fingerprint density at radius 2 is 2.20 bits per heavy atom. The molecular weight excluding hydrogens is 210 g/mol. The van der Waals surface area contributed by atoms with E-state index in [0.717, 1.165) is 6.07 Å². The number of aromatic amines is 1. The molecular formula is C8H8F2N2O3. The Hall–Kier alpha value is -1.76. The van der Waals surface area contributed by atoms with Crippen molar-refractivity contribution < 1.29 is 18.7 Å². The van der Waals surface area contributed by atoms with E-state index in [1.165, 1.54) is 0 Å². The first kappa shape index (κ1) is 11.3. The number of carboxylic acid groups (broad SMARTS) is 1. The maximum absolute atomic E-state index is 12.4. The summed E-state index contributed by atoms with van der Waals surface area (Å²) in [6.07, 6.45) is -2.96. The van der Waals surface area contributed by atoms with Crippen LogP contribution in [0.2, 0.25) is 0 Å². The largest absolute Gasteiger partial charge is 0.478 e. The van der Waals surface area contributed by atoms with E-state index in [0.29, 0.717) is 0 Å². The van der Waals surface area contributed by atoms with Gasteiger partial charge in [-0.15, -0.1) is 0 Å². The van der Waals surface area contributed by atoms with Crippen molar-refractivity contribution in [2.24, 2.45) is 5.73 Å². The Labute approximate surface area is 82.5 Å². The summed E-state index contributed by atoms with van der Waals surface area (Å²) in [7, 11) is 0. The van der Waals surface area contributed by atoms with Gasteiger partial charge in [-0.3, -0.25) is 4.79 Å². The lowest BCUT2D eigenvalue weighted by Crippen LogP contribution is -2.19. The maximum atomic E-state index is 12.4. The van der Waals surface area contributed by atoms with Gasteiger partial charge < -0.3 is 15.8 Å². The molecule has 0 saturated heterocycles. The molecule has 0 aliphatic rings. The molecule has 0 unspecified atom stereocenters. The Morgan fingerprint density at radius 3 is 2.60 bits per heavy atom. The van der Waals surface area contributed by atoms with Crippen LogP contribution in [0.3, 0.4) is 0 Å². The number of nitrogens with two attached hydrogens (primary N) is 1. The monoisotopic (exact) mass is 218 g/mol. The number of H-pyrrole nitrogens is 1. The van der Waals surface area contributed by atoms with Gasteiger partial charge in [-0.2, -0.15) is 0 Å². The minimum absolute atomic E-state index is 0.253. The Bertz CT molecular complexity index is 442. The summed E-state index contributed by atoms with van der Waals surface area (Å²) in [5.41, 5.74) is 2.79. The second-order valence-corrected chi connectivity index (χ2v) is 2.75. The zero-order valence-corrected chi connectivity index (χ0v) is 7.46. The molecule has 0 radical (unpaired) electrons. The standard InChI is InChI=1S/C8H8F2N2O3/c9-7(10)6-4(2-11)3(8(14)15)1-5(13)12-6/h1,7H,2,11H2,(H,12,13)(H,14,15). The Morgan fingerprint density at radius 1 is 1.60 bits per heavy atom. The third-order valence-electron chi connectivity index (χ3n) is 1.84. The number of aromatic nitrogens is 1. The molecule has 0 atom stereocenters. The number of alkyl halides is 2. The number of hydrogen-bond donors (Lipinski definition) is 3. The molecule has 0 spiro atoms. The molecule has 1 heterocycles. The molecule has 0 aliphatic carbocycles. The average Bonchev–Trinajstić information content (AvgIpc) is 2.16. The summed E-state index contributed by atoms with van der Waals surface area (Å²) < 4.78 is 24.8. The van der Waals surface area contributed by atoms with Gasteiger partial charge in [0.05, 0.1) is 11.3 Å². The molecule has 0 aromatic carbocycles. The van der Waals surface area contributed by atoms with Crippen molar-refractivity contribution in [1.82, 2.24) is 4.98 Å². The van der Waals surface area contributed by atoms with Gasteiger partial charge in [0.2, 0.25) is 5.56 Å². The molecule has 1 aromatic heterocycles. The highest BCUT2D eigenvalue weighted by Gasteiger charge is 2.20. The average molecular weight is 218 g/mol. The fraction of sp³-hybridized carbons (Fsp3) is 0.250. The van der Waals surface area contributed by atoms with Gasteiger partial charge in [-0.05, 0) is 0 Å². The Kier molecular flexibility index (Phi) is 3.15. The molecule has 5 nitrogen and oxygen atoms in total. The van der Waals surface area contributed by atoms with E-state index >= 15 is 0 Å². The quantitative estimate of drug-likeness (QED) is 0.687. The number of nitrogens with one attached hydrogen (secondary N) is 1. The topological polar surface area (TPSA) is 96.2 Å². The van der Waals surface area contributed by atoms with Crippen LogP contribution in [0.15, 0.2) is 10.9 Å². The number of aromatic carboxylic acids is 1. The first-order chi connectivity index (χ1) is 6.97. The lowest BCUT2D eigenvalue weighted by atomic mass is 10.1. The molecule has 0 saturated carbocycles. The van der Waals surface area contributed by atoms with Crippen molar-refractivity contribution >= 4 is 5.97 Å². The zero-order valence-electron chi connectivity index (χ0n) is 7.46. The maximum Gasteiger partial charge on any atom is 0.336 e. The second kappa shape index (κ2) is 4.18. The third kappa shape index (κ3) is 2.18. The molecule has 7 heteroatoms. The minimum atomic E-state index is -2.96. The van der Waals surface area contributed by atoms with E-state index in [4.69, 9.17) is 10.8 Å². The third-order valence-corrected chi connectivity index (χ3v) is 1.84. The van der Waals surface area contributed by atoms with Gasteiger partial charge in [0, 0.05) is 18.2 Å². The van der Waals surface area contributed by atoms with E-state index in [1.807, 2.05) is 4.98 Å². The summed E-state index contributed by atoms with van der Waals surface area (Å²) in [4.78, 5) is 23.4. The predicted molar refractivity (Wildman–Crippen MR) is 46.9 cm³/mol. The van der Waals surface area contributed by atoms with Gasteiger partial charge in [-0.25, -0.2) is 13.6 Å². The molecule has 0 fully saturated rings. The van der Waals surface area contributed by atoms with E-state index in [9.17, 15) is 18.4 Å². The molecule has 0 bridgehead atoms. The van der Waals surface area contributed by atoms with E-state index in [1.54, 1.807) is 0 Å². The van der Waals surface area contributed by atoms with Crippen LogP contribution in [0.1, 0.15) is 28.0 Å². The SMILES string of the molecule is NCc1c(C(=O)O)cc(=O)[nH]c1C(F)F. The molecule has 15 heavy (non-hydrogen) atoms. The van der Waals surface area contributed by atoms with Crippen LogP contribution >= 0.6 is 0 Å². The highest BCUT2D eigenvalue weighted by molar-refractivity contribution is 5.89. The highest BCUT2D eigenvalue weighted by atomic mass is 19.3. The van der Waals surface area contributed by atoms with Crippen LogP contribution < -0.4 is 11.3 Å². The van der Waals surface area contributed by atoms with Crippen LogP contribution in [0.4, 0.5) is 8.78 Å². The molecule has 82 valence electrons. The number of carbonyl (C=O) groups is 1. The normalized spacial score (nSPS) is 10.7. The van der Waals surface area contributed by atoms with Gasteiger partial charge >= 0.3 is 5.97 Å². The lowest BCUT2D eigenvalue weighted by Gasteiger charge is -2.09. The summed E-state index contributed by atoms with van der Waals surface area (Å²) in [5, 5.41) is 8.67. The van der Waals surface area contributed by atoms with Gasteiger partial charge in [0.25, 0.3) is 6.43 Å². The van der Waals surface area contributed by atoms with Crippen molar-refractivity contribution in [3.05, 3.63) is 33.2 Å². The fourth-order valence-electron chi connectivity index (χ4n) is 1.20. The highest BCUT2D eigenvalue weighted by Crippen LogP contribution is 2.21. The Balaban J connectivity index is 3.52. The summed E-state index contributed by atoms with van der Waals surface area (Å²) >= 11 is 0. The number of pyridine rings is 1. The van der Waals surface area contributed by atoms with Crippen molar-refractivity contribution in [3.8, 4) is 0 Å². The van der Waals surface area contributed by atoms with Crippen LogP contribution in [-0.4, -0.2) is 16.1 Å². The van der Waals surface area contributed by atoms with Crippen LogP contribution in [0.25, 0.3) is 0 Å². The van der Waals surface area contributed by atoms with Gasteiger partial charge in [-0.1, -0.05) is 0 Å².